The van der Waals surface area contributed by atoms with Gasteiger partial charge in [0.15, 0.2) is 0 Å². The zero-order chi connectivity index (χ0) is 9.26. The van der Waals surface area contributed by atoms with Gasteiger partial charge in [-0.05, 0) is 30.4 Å². The van der Waals surface area contributed by atoms with Crippen molar-refractivity contribution >= 4 is 11.8 Å². The first kappa shape index (κ1) is 9.14. The molecule has 0 N–H and O–H groups in total. The summed E-state index contributed by atoms with van der Waals surface area (Å²) >= 11 is 2.07. The van der Waals surface area contributed by atoms with Crippen LogP contribution in [-0.2, 0) is 0 Å². The Balaban J connectivity index is 2.34. The van der Waals surface area contributed by atoms with Crippen LogP contribution in [0.15, 0.2) is 29.2 Å². The fourth-order valence-corrected chi connectivity index (χ4v) is 3.70. The molecule has 0 saturated heterocycles. The van der Waals surface area contributed by atoms with Gasteiger partial charge in [0.05, 0.1) is 0 Å². The van der Waals surface area contributed by atoms with Gasteiger partial charge in [-0.1, -0.05) is 32.0 Å². The molecule has 1 aliphatic heterocycles. The number of thioether (sulfide) groups is 1. The second kappa shape index (κ2) is 3.75. The van der Waals surface area contributed by atoms with Crippen molar-refractivity contribution in [3.05, 3.63) is 29.8 Å². The molecule has 1 heteroatoms. The SMILES string of the molecule is CCC1Sc2ccccc2C1CC. The average Bonchev–Trinajstić information content (AvgIpc) is 2.55. The molecule has 0 radical (unpaired) electrons. The van der Waals surface area contributed by atoms with Crippen LogP contribution < -0.4 is 0 Å². The Morgan fingerprint density at radius 3 is 2.62 bits per heavy atom. The van der Waals surface area contributed by atoms with Crippen molar-refractivity contribution in [1.82, 2.24) is 0 Å². The predicted molar refractivity (Wildman–Crippen MR) is 59.4 cm³/mol. The van der Waals surface area contributed by atoms with Gasteiger partial charge in [0, 0.05) is 10.1 Å². The molecule has 70 valence electrons. The van der Waals surface area contributed by atoms with Gasteiger partial charge in [0.25, 0.3) is 0 Å². The molecule has 1 aliphatic rings. The van der Waals surface area contributed by atoms with Crippen molar-refractivity contribution in [2.45, 2.75) is 42.8 Å². The Labute approximate surface area is 84.7 Å². The summed E-state index contributed by atoms with van der Waals surface area (Å²) in [5.74, 6) is 0.797. The molecule has 0 aromatic heterocycles. The Bertz CT molecular complexity index is 293. The highest BCUT2D eigenvalue weighted by Gasteiger charge is 2.29. The number of hydrogen-bond acceptors (Lipinski definition) is 1. The summed E-state index contributed by atoms with van der Waals surface area (Å²) in [6.45, 7) is 4.60. The van der Waals surface area contributed by atoms with E-state index in [1.54, 1.807) is 5.56 Å². The van der Waals surface area contributed by atoms with Crippen molar-refractivity contribution in [2.75, 3.05) is 0 Å². The Morgan fingerprint density at radius 1 is 1.15 bits per heavy atom. The fourth-order valence-electron chi connectivity index (χ4n) is 2.19. The molecule has 1 aromatic rings. The third kappa shape index (κ3) is 1.50. The first-order valence-corrected chi connectivity index (χ1v) is 6.00. The monoisotopic (exact) mass is 192 g/mol. The lowest BCUT2D eigenvalue weighted by atomic mass is 9.92. The molecule has 1 heterocycles. The fraction of sp³-hybridized carbons (Fsp3) is 0.500. The second-order valence-corrected chi connectivity index (χ2v) is 4.90. The molecule has 13 heavy (non-hydrogen) atoms. The third-order valence-corrected chi connectivity index (χ3v) is 4.48. The van der Waals surface area contributed by atoms with Crippen LogP contribution in [0.25, 0.3) is 0 Å². The highest BCUT2D eigenvalue weighted by atomic mass is 32.2. The van der Waals surface area contributed by atoms with Crippen molar-refractivity contribution in [2.24, 2.45) is 0 Å². The van der Waals surface area contributed by atoms with E-state index in [0.29, 0.717) is 0 Å². The van der Waals surface area contributed by atoms with Crippen LogP contribution in [0.3, 0.4) is 0 Å². The van der Waals surface area contributed by atoms with Crippen LogP contribution in [0.1, 0.15) is 38.2 Å². The topological polar surface area (TPSA) is 0 Å². The summed E-state index contributed by atoms with van der Waals surface area (Å²) in [5, 5.41) is 0.822. The molecular weight excluding hydrogens is 176 g/mol. The quantitative estimate of drug-likeness (QED) is 0.681. The van der Waals surface area contributed by atoms with E-state index in [2.05, 4.69) is 49.9 Å². The molecule has 0 nitrogen and oxygen atoms in total. The molecule has 2 rings (SSSR count). The molecule has 2 unspecified atom stereocenters. The molecule has 1 aromatic carbocycles. The number of fused-ring (bicyclic) bond motifs is 1. The zero-order valence-corrected chi connectivity index (χ0v) is 9.10. The summed E-state index contributed by atoms with van der Waals surface area (Å²) in [5.41, 5.74) is 1.59. The lowest BCUT2D eigenvalue weighted by Crippen LogP contribution is -2.07. The summed E-state index contributed by atoms with van der Waals surface area (Å²) in [6, 6.07) is 8.88. The molecule has 0 aliphatic carbocycles. The van der Waals surface area contributed by atoms with E-state index >= 15 is 0 Å². The minimum absolute atomic E-state index is 0.797. The summed E-state index contributed by atoms with van der Waals surface area (Å²) < 4.78 is 0. The lowest BCUT2D eigenvalue weighted by Gasteiger charge is -2.15. The van der Waals surface area contributed by atoms with E-state index in [0.717, 1.165) is 11.2 Å². The number of rotatable bonds is 2. The minimum Gasteiger partial charge on any atom is -0.122 e. The van der Waals surface area contributed by atoms with Gasteiger partial charge < -0.3 is 0 Å². The van der Waals surface area contributed by atoms with E-state index < -0.39 is 0 Å². The molecular formula is C12H16S. The van der Waals surface area contributed by atoms with Crippen LogP contribution in [0.4, 0.5) is 0 Å². The van der Waals surface area contributed by atoms with Gasteiger partial charge in [-0.2, -0.15) is 0 Å². The first-order valence-electron chi connectivity index (χ1n) is 5.12. The summed E-state index contributed by atoms with van der Waals surface area (Å²) in [4.78, 5) is 1.52. The largest absolute Gasteiger partial charge is 0.122 e. The van der Waals surface area contributed by atoms with E-state index in [-0.39, 0.29) is 0 Å². The highest BCUT2D eigenvalue weighted by molar-refractivity contribution is 8.00. The van der Waals surface area contributed by atoms with Gasteiger partial charge in [-0.25, -0.2) is 0 Å². The molecule has 2 atom stereocenters. The van der Waals surface area contributed by atoms with Crippen LogP contribution in [0, 0.1) is 0 Å². The lowest BCUT2D eigenvalue weighted by molar-refractivity contribution is 0.620. The highest BCUT2D eigenvalue weighted by Crippen LogP contribution is 2.47. The average molecular weight is 192 g/mol. The summed E-state index contributed by atoms with van der Waals surface area (Å²) in [7, 11) is 0. The Hall–Kier alpha value is -0.430. The van der Waals surface area contributed by atoms with Gasteiger partial charge in [0.1, 0.15) is 0 Å². The maximum absolute atomic E-state index is 2.30. The van der Waals surface area contributed by atoms with Gasteiger partial charge in [-0.3, -0.25) is 0 Å². The molecule has 0 amide bonds. The van der Waals surface area contributed by atoms with Gasteiger partial charge in [0.2, 0.25) is 0 Å². The number of hydrogen-bond donors (Lipinski definition) is 0. The third-order valence-electron chi connectivity index (χ3n) is 2.89. The summed E-state index contributed by atoms with van der Waals surface area (Å²) in [6.07, 6.45) is 2.57. The Kier molecular flexibility index (Phi) is 2.63. The normalized spacial score (nSPS) is 26.0. The minimum atomic E-state index is 0.797. The van der Waals surface area contributed by atoms with Gasteiger partial charge >= 0.3 is 0 Å². The molecule has 0 spiro atoms. The van der Waals surface area contributed by atoms with E-state index in [4.69, 9.17) is 0 Å². The zero-order valence-electron chi connectivity index (χ0n) is 8.29. The maximum Gasteiger partial charge on any atom is 0.0161 e. The van der Waals surface area contributed by atoms with Crippen molar-refractivity contribution in [3.8, 4) is 0 Å². The molecule has 0 fully saturated rings. The number of benzene rings is 1. The van der Waals surface area contributed by atoms with Crippen LogP contribution in [0.5, 0.6) is 0 Å². The standard InChI is InChI=1S/C12H16S/c1-3-9-10-7-5-6-8-12(10)13-11(9)4-2/h5-9,11H,3-4H2,1-2H3. The van der Waals surface area contributed by atoms with Crippen LogP contribution in [-0.4, -0.2) is 5.25 Å². The van der Waals surface area contributed by atoms with Gasteiger partial charge in [-0.15, -0.1) is 11.8 Å². The van der Waals surface area contributed by atoms with Crippen LogP contribution in [0.2, 0.25) is 0 Å². The second-order valence-electron chi connectivity index (χ2n) is 3.62. The van der Waals surface area contributed by atoms with E-state index in [1.165, 1.54) is 17.7 Å². The first-order chi connectivity index (χ1) is 6.36. The van der Waals surface area contributed by atoms with Crippen molar-refractivity contribution in [3.63, 3.8) is 0 Å². The van der Waals surface area contributed by atoms with Crippen molar-refractivity contribution < 1.29 is 0 Å². The smallest absolute Gasteiger partial charge is 0.0161 e. The van der Waals surface area contributed by atoms with Crippen LogP contribution >= 0.6 is 11.8 Å². The predicted octanol–water partition coefficient (Wildman–Crippen LogP) is 4.06. The van der Waals surface area contributed by atoms with E-state index in [1.807, 2.05) is 0 Å². The van der Waals surface area contributed by atoms with E-state index in [9.17, 15) is 0 Å². The van der Waals surface area contributed by atoms with Crippen molar-refractivity contribution in [1.29, 1.82) is 0 Å². The molecule has 0 saturated carbocycles. The molecule has 0 bridgehead atoms. The Morgan fingerprint density at radius 2 is 1.92 bits per heavy atom. The maximum atomic E-state index is 2.30.